The molecule has 0 N–H and O–H groups in total. The van der Waals surface area contributed by atoms with Crippen molar-refractivity contribution in [3.63, 3.8) is 0 Å². The number of non-ortho nitro benzene ring substituents is 2. The van der Waals surface area contributed by atoms with Crippen molar-refractivity contribution in [3.05, 3.63) is 68.8 Å². The Morgan fingerprint density at radius 1 is 0.588 bits per heavy atom. The average molecular weight is 480 g/mol. The van der Waals surface area contributed by atoms with Crippen LogP contribution in [-0.2, 0) is 18.9 Å². The molecule has 0 atom stereocenters. The van der Waals surface area contributed by atoms with Gasteiger partial charge in [-0.2, -0.15) is 0 Å². The van der Waals surface area contributed by atoms with Gasteiger partial charge in [-0.05, 0) is 24.3 Å². The smallest absolute Gasteiger partial charge is 0.432 e. The van der Waals surface area contributed by atoms with Gasteiger partial charge < -0.3 is 28.4 Å². The molecule has 182 valence electrons. The number of benzene rings is 2. The number of nitro benzene ring substituents is 2. The van der Waals surface area contributed by atoms with E-state index in [9.17, 15) is 29.8 Å². The molecule has 0 aliphatic carbocycles. The van der Waals surface area contributed by atoms with Crippen molar-refractivity contribution >= 4 is 23.7 Å². The van der Waals surface area contributed by atoms with Gasteiger partial charge in [0, 0.05) is 24.3 Å². The van der Waals surface area contributed by atoms with Crippen molar-refractivity contribution in [1.29, 1.82) is 0 Å². The van der Waals surface area contributed by atoms with E-state index in [1.807, 2.05) is 0 Å². The van der Waals surface area contributed by atoms with Crippen molar-refractivity contribution in [3.8, 4) is 11.5 Å². The molecule has 2 aromatic carbocycles. The van der Waals surface area contributed by atoms with E-state index in [1.165, 1.54) is 48.5 Å². The van der Waals surface area contributed by atoms with E-state index >= 15 is 0 Å². The first kappa shape index (κ1) is 26.0. The van der Waals surface area contributed by atoms with E-state index in [4.69, 9.17) is 28.4 Å². The molecule has 14 nitrogen and oxygen atoms in total. The highest BCUT2D eigenvalue weighted by Gasteiger charge is 2.10. The van der Waals surface area contributed by atoms with Crippen molar-refractivity contribution in [2.75, 3.05) is 39.6 Å². The van der Waals surface area contributed by atoms with Crippen LogP contribution in [0.4, 0.5) is 21.0 Å². The minimum Gasteiger partial charge on any atom is -0.432 e. The Hall–Kier alpha value is -4.30. The average Bonchev–Trinajstić information content (AvgIpc) is 2.81. The monoisotopic (exact) mass is 480 g/mol. The van der Waals surface area contributed by atoms with Crippen molar-refractivity contribution in [2.45, 2.75) is 0 Å². The van der Waals surface area contributed by atoms with Gasteiger partial charge in [-0.15, -0.1) is 0 Å². The molecule has 0 saturated carbocycles. The van der Waals surface area contributed by atoms with Crippen LogP contribution in [0.3, 0.4) is 0 Å². The Bertz CT molecular complexity index is 883. The number of carbonyl (C=O) groups is 2. The molecule has 0 heterocycles. The zero-order valence-electron chi connectivity index (χ0n) is 17.7. The summed E-state index contributed by atoms with van der Waals surface area (Å²) < 4.78 is 29.7. The van der Waals surface area contributed by atoms with Crippen LogP contribution in [0.25, 0.3) is 0 Å². The fourth-order valence-corrected chi connectivity index (χ4v) is 2.21. The van der Waals surface area contributed by atoms with Gasteiger partial charge in [-0.1, -0.05) is 0 Å². The van der Waals surface area contributed by atoms with Crippen LogP contribution >= 0.6 is 0 Å². The van der Waals surface area contributed by atoms with Crippen LogP contribution in [0, 0.1) is 20.2 Å². The summed E-state index contributed by atoms with van der Waals surface area (Å²) in [5, 5.41) is 21.1. The molecule has 34 heavy (non-hydrogen) atoms. The molecule has 0 spiro atoms. The maximum absolute atomic E-state index is 11.5. The third-order valence-corrected chi connectivity index (χ3v) is 3.76. The summed E-state index contributed by atoms with van der Waals surface area (Å²) in [5.41, 5.74) is -0.268. The standard InChI is InChI=1S/C20H20N2O12/c23-19(33-17-5-1-15(2-6-17)21(25)26)31-13-11-29-9-10-30-12-14-32-20(24)34-18-7-3-16(4-8-18)22(27)28/h1-8H,9-14H2. The van der Waals surface area contributed by atoms with Gasteiger partial charge in [0.15, 0.2) is 0 Å². The van der Waals surface area contributed by atoms with Gasteiger partial charge in [-0.25, -0.2) is 9.59 Å². The van der Waals surface area contributed by atoms with Crippen molar-refractivity contribution in [2.24, 2.45) is 0 Å². The van der Waals surface area contributed by atoms with Crippen LogP contribution in [0.15, 0.2) is 48.5 Å². The Morgan fingerprint density at radius 3 is 1.24 bits per heavy atom. The molecular weight excluding hydrogens is 460 g/mol. The van der Waals surface area contributed by atoms with Gasteiger partial charge in [0.25, 0.3) is 11.4 Å². The lowest BCUT2D eigenvalue weighted by Gasteiger charge is -2.08. The normalized spacial score (nSPS) is 10.2. The molecule has 2 aromatic rings. The van der Waals surface area contributed by atoms with E-state index < -0.39 is 22.2 Å². The van der Waals surface area contributed by atoms with E-state index in [0.717, 1.165) is 0 Å². The lowest BCUT2D eigenvalue weighted by atomic mass is 10.3. The first-order valence-corrected chi connectivity index (χ1v) is 9.69. The fraction of sp³-hybridized carbons (Fsp3) is 0.300. The molecule has 0 aromatic heterocycles. The Balaban J connectivity index is 1.44. The largest absolute Gasteiger partial charge is 0.513 e. The van der Waals surface area contributed by atoms with Crippen molar-refractivity contribution < 1.29 is 47.9 Å². The summed E-state index contributed by atoms with van der Waals surface area (Å²) in [6.45, 7) is 0.377. The predicted octanol–water partition coefficient (Wildman–Crippen LogP) is 3.27. The topological polar surface area (TPSA) is 176 Å². The highest BCUT2D eigenvalue weighted by molar-refractivity contribution is 5.64. The second-order valence-corrected chi connectivity index (χ2v) is 6.13. The van der Waals surface area contributed by atoms with Crippen LogP contribution in [0.2, 0.25) is 0 Å². The Morgan fingerprint density at radius 2 is 0.912 bits per heavy atom. The second kappa shape index (κ2) is 14.0. The van der Waals surface area contributed by atoms with Gasteiger partial charge in [-0.3, -0.25) is 20.2 Å². The van der Waals surface area contributed by atoms with Crippen LogP contribution in [-0.4, -0.2) is 61.8 Å². The molecule has 0 amide bonds. The summed E-state index contributed by atoms with van der Waals surface area (Å²) in [5.74, 6) is 0.201. The zero-order chi connectivity index (χ0) is 24.8. The molecule has 0 radical (unpaired) electrons. The molecule has 0 fully saturated rings. The number of ether oxygens (including phenoxy) is 6. The zero-order valence-corrected chi connectivity index (χ0v) is 17.7. The lowest BCUT2D eigenvalue weighted by Crippen LogP contribution is -2.17. The maximum Gasteiger partial charge on any atom is 0.513 e. The molecule has 14 heteroatoms. The highest BCUT2D eigenvalue weighted by atomic mass is 16.7. The summed E-state index contributed by atoms with van der Waals surface area (Å²) >= 11 is 0. The third kappa shape index (κ3) is 9.88. The molecule has 0 unspecified atom stereocenters. The van der Waals surface area contributed by atoms with E-state index in [0.29, 0.717) is 0 Å². The quantitative estimate of drug-likeness (QED) is 0.135. The minimum atomic E-state index is -0.980. The van der Waals surface area contributed by atoms with Gasteiger partial charge in [0.1, 0.15) is 24.7 Å². The number of hydrogen-bond acceptors (Lipinski definition) is 12. The first-order valence-electron chi connectivity index (χ1n) is 9.69. The number of rotatable bonds is 13. The molecular formula is C20H20N2O12. The van der Waals surface area contributed by atoms with E-state index in [1.54, 1.807) is 0 Å². The molecule has 2 rings (SSSR count). The van der Waals surface area contributed by atoms with Gasteiger partial charge >= 0.3 is 12.3 Å². The Labute approximate surface area is 192 Å². The minimum absolute atomic E-state index is 0.0800. The van der Waals surface area contributed by atoms with E-state index in [-0.39, 0.29) is 62.5 Å². The first-order chi connectivity index (χ1) is 16.3. The fourth-order valence-electron chi connectivity index (χ4n) is 2.21. The predicted molar refractivity (Wildman–Crippen MR) is 112 cm³/mol. The Kier molecular flexibility index (Phi) is 10.7. The molecule has 0 aliphatic heterocycles. The van der Waals surface area contributed by atoms with Crippen LogP contribution in [0.1, 0.15) is 0 Å². The summed E-state index contributed by atoms with van der Waals surface area (Å²) in [6.07, 6.45) is -1.96. The number of carbonyl (C=O) groups excluding carboxylic acids is 2. The van der Waals surface area contributed by atoms with Crippen LogP contribution in [0.5, 0.6) is 11.5 Å². The molecule has 0 saturated heterocycles. The SMILES string of the molecule is O=C(OCCOCCOCCOC(=O)Oc1ccc([N+](=O)[O-])cc1)Oc1ccc([N+](=O)[O-])cc1. The third-order valence-electron chi connectivity index (χ3n) is 3.76. The van der Waals surface area contributed by atoms with E-state index in [2.05, 4.69) is 0 Å². The number of hydrogen-bond donors (Lipinski definition) is 0. The van der Waals surface area contributed by atoms with Crippen LogP contribution < -0.4 is 9.47 Å². The molecule has 0 bridgehead atoms. The van der Waals surface area contributed by atoms with Crippen molar-refractivity contribution in [1.82, 2.24) is 0 Å². The van der Waals surface area contributed by atoms with Gasteiger partial charge in [0.2, 0.25) is 0 Å². The lowest BCUT2D eigenvalue weighted by molar-refractivity contribution is -0.385. The summed E-state index contributed by atoms with van der Waals surface area (Å²) in [7, 11) is 0. The maximum atomic E-state index is 11.5. The summed E-state index contributed by atoms with van der Waals surface area (Å²) in [4.78, 5) is 43.0. The summed E-state index contributed by atoms with van der Waals surface area (Å²) in [6, 6.07) is 9.85. The molecule has 0 aliphatic rings. The highest BCUT2D eigenvalue weighted by Crippen LogP contribution is 2.18. The second-order valence-electron chi connectivity index (χ2n) is 6.13. The number of nitrogens with zero attached hydrogens (tertiary/aromatic N) is 2. The number of nitro groups is 2. The van der Waals surface area contributed by atoms with Gasteiger partial charge in [0.05, 0.1) is 36.3 Å².